The van der Waals surface area contributed by atoms with Gasteiger partial charge in [-0.05, 0) is 31.4 Å². The minimum Gasteiger partial charge on any atom is -0.444 e. The molecule has 0 saturated heterocycles. The number of hydrogen-bond donors (Lipinski definition) is 2. The maximum Gasteiger partial charge on any atom is 0.211 e. The zero-order valence-corrected chi connectivity index (χ0v) is 11.4. The Kier molecular flexibility index (Phi) is 3.25. The third kappa shape index (κ3) is 2.49. The number of fused-ring (bicyclic) bond motifs is 1. The van der Waals surface area contributed by atoms with Gasteiger partial charge in [-0.1, -0.05) is 18.2 Å². The third-order valence-corrected chi connectivity index (χ3v) is 3.54. The lowest BCUT2D eigenvalue weighted by Gasteiger charge is -2.13. The van der Waals surface area contributed by atoms with Crippen molar-refractivity contribution in [2.75, 3.05) is 11.9 Å². The van der Waals surface area contributed by atoms with Crippen LogP contribution in [-0.4, -0.2) is 11.5 Å². The van der Waals surface area contributed by atoms with Gasteiger partial charge in [0.25, 0.3) is 0 Å². The number of aromatic nitrogens is 1. The van der Waals surface area contributed by atoms with Gasteiger partial charge in [-0.15, -0.1) is 0 Å². The highest BCUT2D eigenvalue weighted by atomic mass is 16.4. The molecule has 100 valence electrons. The third-order valence-electron chi connectivity index (χ3n) is 3.54. The molecular formula is C15H19N3O. The summed E-state index contributed by atoms with van der Waals surface area (Å²) in [6.45, 7) is 5.85. The van der Waals surface area contributed by atoms with Crippen molar-refractivity contribution in [3.05, 3.63) is 47.2 Å². The SMILES string of the molecule is Cc1cnc(C(C)NCc2cccc3c2NCC3)o1. The molecule has 0 amide bonds. The van der Waals surface area contributed by atoms with Crippen molar-refractivity contribution >= 4 is 5.69 Å². The van der Waals surface area contributed by atoms with Gasteiger partial charge in [0, 0.05) is 18.8 Å². The molecule has 19 heavy (non-hydrogen) atoms. The number of hydrogen-bond acceptors (Lipinski definition) is 4. The van der Waals surface area contributed by atoms with E-state index in [1.54, 1.807) is 6.20 Å². The molecule has 1 aromatic heterocycles. The minimum atomic E-state index is 0.117. The highest BCUT2D eigenvalue weighted by molar-refractivity contribution is 5.61. The molecule has 0 aliphatic carbocycles. The van der Waals surface area contributed by atoms with Crippen molar-refractivity contribution in [3.63, 3.8) is 0 Å². The van der Waals surface area contributed by atoms with Gasteiger partial charge in [0.1, 0.15) is 5.76 Å². The molecule has 0 saturated carbocycles. The fourth-order valence-electron chi connectivity index (χ4n) is 2.48. The Morgan fingerprint density at radius 1 is 1.47 bits per heavy atom. The summed E-state index contributed by atoms with van der Waals surface area (Å²) in [5, 5.41) is 6.92. The molecule has 1 aliphatic heterocycles. The summed E-state index contributed by atoms with van der Waals surface area (Å²) in [6.07, 6.45) is 2.88. The van der Waals surface area contributed by atoms with Crippen LogP contribution in [0.5, 0.6) is 0 Å². The van der Waals surface area contributed by atoms with Gasteiger partial charge < -0.3 is 15.1 Å². The van der Waals surface area contributed by atoms with Crippen molar-refractivity contribution in [3.8, 4) is 0 Å². The van der Waals surface area contributed by atoms with E-state index in [0.717, 1.165) is 31.2 Å². The summed E-state index contributed by atoms with van der Waals surface area (Å²) in [5.41, 5.74) is 4.02. The second-order valence-electron chi connectivity index (χ2n) is 5.04. The number of benzene rings is 1. The van der Waals surface area contributed by atoms with Crippen LogP contribution in [0.4, 0.5) is 5.69 Å². The van der Waals surface area contributed by atoms with Crippen molar-refractivity contribution < 1.29 is 4.42 Å². The van der Waals surface area contributed by atoms with Gasteiger partial charge in [0.05, 0.1) is 12.2 Å². The number of oxazole rings is 1. The first-order valence-corrected chi connectivity index (χ1v) is 6.74. The van der Waals surface area contributed by atoms with Crippen LogP contribution in [0.2, 0.25) is 0 Å². The summed E-state index contributed by atoms with van der Waals surface area (Å²) < 4.78 is 5.54. The highest BCUT2D eigenvalue weighted by Crippen LogP contribution is 2.26. The van der Waals surface area contributed by atoms with Gasteiger partial charge in [0.2, 0.25) is 5.89 Å². The summed E-state index contributed by atoms with van der Waals surface area (Å²) >= 11 is 0. The first-order chi connectivity index (χ1) is 9.24. The second-order valence-corrected chi connectivity index (χ2v) is 5.04. The topological polar surface area (TPSA) is 50.1 Å². The van der Waals surface area contributed by atoms with E-state index in [1.807, 2.05) is 6.92 Å². The smallest absolute Gasteiger partial charge is 0.211 e. The van der Waals surface area contributed by atoms with E-state index in [-0.39, 0.29) is 6.04 Å². The summed E-state index contributed by atoms with van der Waals surface area (Å²) in [7, 11) is 0. The monoisotopic (exact) mass is 257 g/mol. The summed E-state index contributed by atoms with van der Waals surface area (Å²) in [6, 6.07) is 6.60. The molecule has 2 aromatic rings. The number of anilines is 1. The van der Waals surface area contributed by atoms with Crippen LogP contribution in [0, 0.1) is 6.92 Å². The Morgan fingerprint density at radius 2 is 2.37 bits per heavy atom. The van der Waals surface area contributed by atoms with Crippen LogP contribution < -0.4 is 10.6 Å². The molecule has 2 heterocycles. The maximum absolute atomic E-state index is 5.54. The van der Waals surface area contributed by atoms with Crippen LogP contribution in [-0.2, 0) is 13.0 Å². The van der Waals surface area contributed by atoms with E-state index in [0.29, 0.717) is 0 Å². The lowest BCUT2D eigenvalue weighted by Crippen LogP contribution is -2.19. The lowest BCUT2D eigenvalue weighted by atomic mass is 10.1. The van der Waals surface area contributed by atoms with Gasteiger partial charge in [0.15, 0.2) is 0 Å². The molecule has 1 aromatic carbocycles. The maximum atomic E-state index is 5.54. The van der Waals surface area contributed by atoms with Crippen molar-refractivity contribution in [1.82, 2.24) is 10.3 Å². The van der Waals surface area contributed by atoms with Crippen LogP contribution in [0.3, 0.4) is 0 Å². The molecule has 0 fully saturated rings. The van der Waals surface area contributed by atoms with Crippen molar-refractivity contribution in [2.24, 2.45) is 0 Å². The van der Waals surface area contributed by atoms with Crippen LogP contribution in [0.15, 0.2) is 28.8 Å². The van der Waals surface area contributed by atoms with Crippen LogP contribution >= 0.6 is 0 Å². The standard InChI is InChI=1S/C15H19N3O/c1-10-8-18-15(19-10)11(2)17-9-13-5-3-4-12-6-7-16-14(12)13/h3-5,8,11,16-17H,6-7,9H2,1-2H3. The molecule has 3 rings (SSSR count). The Morgan fingerprint density at radius 3 is 3.16 bits per heavy atom. The number of para-hydroxylation sites is 1. The Balaban J connectivity index is 1.68. The fraction of sp³-hybridized carbons (Fsp3) is 0.400. The summed E-state index contributed by atoms with van der Waals surface area (Å²) in [4.78, 5) is 4.26. The van der Waals surface area contributed by atoms with Gasteiger partial charge in [-0.2, -0.15) is 0 Å². The lowest BCUT2D eigenvalue weighted by molar-refractivity contribution is 0.402. The molecule has 1 aliphatic rings. The van der Waals surface area contributed by atoms with E-state index < -0.39 is 0 Å². The van der Waals surface area contributed by atoms with Gasteiger partial charge in [-0.3, -0.25) is 0 Å². The van der Waals surface area contributed by atoms with E-state index in [4.69, 9.17) is 4.42 Å². The van der Waals surface area contributed by atoms with E-state index in [9.17, 15) is 0 Å². The molecule has 0 spiro atoms. The van der Waals surface area contributed by atoms with E-state index in [1.165, 1.54) is 16.8 Å². The van der Waals surface area contributed by atoms with Crippen molar-refractivity contribution in [2.45, 2.75) is 32.9 Å². The molecular weight excluding hydrogens is 238 g/mol. The normalized spacial score (nSPS) is 15.1. The largest absolute Gasteiger partial charge is 0.444 e. The predicted octanol–water partition coefficient (Wildman–Crippen LogP) is 2.80. The molecule has 1 unspecified atom stereocenters. The Hall–Kier alpha value is -1.81. The predicted molar refractivity (Wildman–Crippen MR) is 75.1 cm³/mol. The molecule has 0 radical (unpaired) electrons. The average molecular weight is 257 g/mol. The Labute approximate surface area is 113 Å². The molecule has 4 heteroatoms. The van der Waals surface area contributed by atoms with Gasteiger partial charge in [-0.25, -0.2) is 4.98 Å². The first-order valence-electron chi connectivity index (χ1n) is 6.74. The Bertz CT molecular complexity index is 577. The molecule has 4 nitrogen and oxygen atoms in total. The summed E-state index contributed by atoms with van der Waals surface area (Å²) in [5.74, 6) is 1.60. The number of nitrogens with zero attached hydrogens (tertiary/aromatic N) is 1. The fourth-order valence-corrected chi connectivity index (χ4v) is 2.48. The second kappa shape index (κ2) is 5.05. The number of nitrogens with one attached hydrogen (secondary N) is 2. The van der Waals surface area contributed by atoms with Crippen LogP contribution in [0.25, 0.3) is 0 Å². The zero-order chi connectivity index (χ0) is 13.2. The molecule has 2 N–H and O–H groups in total. The van der Waals surface area contributed by atoms with Crippen LogP contribution in [0.1, 0.15) is 35.7 Å². The van der Waals surface area contributed by atoms with Crippen molar-refractivity contribution in [1.29, 1.82) is 0 Å². The van der Waals surface area contributed by atoms with Gasteiger partial charge >= 0.3 is 0 Å². The molecule has 0 bridgehead atoms. The number of rotatable bonds is 4. The minimum absolute atomic E-state index is 0.117. The highest BCUT2D eigenvalue weighted by Gasteiger charge is 2.15. The zero-order valence-electron chi connectivity index (χ0n) is 11.4. The quantitative estimate of drug-likeness (QED) is 0.884. The van der Waals surface area contributed by atoms with E-state index >= 15 is 0 Å². The van der Waals surface area contributed by atoms with E-state index in [2.05, 4.69) is 40.7 Å². The molecule has 1 atom stereocenters. The first kappa shape index (κ1) is 12.2. The average Bonchev–Trinajstić information content (AvgIpc) is 3.04. The number of aryl methyl sites for hydroxylation is 1.